The van der Waals surface area contributed by atoms with Crippen molar-refractivity contribution in [1.29, 1.82) is 0 Å². The molecule has 0 spiro atoms. The second-order valence-electron chi connectivity index (χ2n) is 14.3. The van der Waals surface area contributed by atoms with Gasteiger partial charge in [-0.3, -0.25) is 14.4 Å². The minimum atomic E-state index is -1.25. The third-order valence-electron chi connectivity index (χ3n) is 10.9. The van der Waals surface area contributed by atoms with Crippen LogP contribution in [0.15, 0.2) is 24.8 Å². The van der Waals surface area contributed by atoms with Crippen LogP contribution in [0.4, 0.5) is 0 Å². The average molecular weight is 857 g/mol. The molecule has 9 nitrogen and oxygen atoms in total. The number of hydrogen-bond acceptors (Lipinski definition) is 5. The quantitative estimate of drug-likeness (QED) is 0.149. The standard InChI is InChI=1S/C55H35N4O5.Mg/c1-9-12-13-14-15-16-17-18-19-20-21-22-23-24-25-26-27-28-31-64-48(60)30-29-41-37(6)44-32-42-35(4)39(10-2)46(56-42)33-43-36(5)40(11-3)47(57-43)34-45-38(7)49-53(59-45)50(52(41)58-44)51(54(49)61)55(62)63-8;/h1,10,32-34,37,41,51H,2,11,29-30H2,3-8H3,(H-,56,57,58,59,61);/q-1;+2/p+1/t37?,41-,51?;/m0./s1. The molecule has 3 aromatic rings. The third kappa shape index (κ3) is 10.4. The maximum Gasteiger partial charge on any atom is 2.00 e. The molecular formula is C55H36MgN4O5+2. The molecule has 2 N–H and O–H groups in total. The first-order valence-corrected chi connectivity index (χ1v) is 19.9. The maximum atomic E-state index is 14.3. The maximum absolute atomic E-state index is 14.3. The molecule has 2 aliphatic heterocycles. The smallest absolute Gasteiger partial charge is 0.657 e. The largest absolute Gasteiger partial charge is 2.00 e. The Kier molecular flexibility index (Phi) is 16.2. The first kappa shape index (κ1) is 47.6. The molecule has 6 rings (SSSR count). The summed E-state index contributed by atoms with van der Waals surface area (Å²) in [6, 6.07) is 5.97. The normalized spacial score (nSPS) is 14.2. The molecule has 0 saturated carbocycles. The number of carbonyl (C=O) groups excluding carboxylic acids is 3. The molecule has 3 atom stereocenters. The molecule has 5 heterocycles. The zero-order valence-corrected chi connectivity index (χ0v) is 38.0. The Morgan fingerprint density at radius 2 is 1.37 bits per heavy atom. The summed E-state index contributed by atoms with van der Waals surface area (Å²) in [5.74, 6) is 40.8. The Bertz CT molecular complexity index is 3450. The number of allylic oxidation sites excluding steroid dienone is 2. The second kappa shape index (κ2) is 22.1. The number of ether oxygens (including phenoxy) is 2. The molecule has 2 unspecified atom stereocenters. The van der Waals surface area contributed by atoms with Crippen molar-refractivity contribution in [3.05, 3.63) is 75.4 Å². The van der Waals surface area contributed by atoms with Crippen molar-refractivity contribution in [3.63, 3.8) is 0 Å². The molecule has 0 aromatic carbocycles. The van der Waals surface area contributed by atoms with Gasteiger partial charge in [0.25, 0.3) is 0 Å². The number of nitrogens with one attached hydrogen (secondary N) is 2. The van der Waals surface area contributed by atoms with Gasteiger partial charge in [0.05, 0.1) is 18.9 Å². The number of aromatic nitrogens is 4. The minimum absolute atomic E-state index is 0. The van der Waals surface area contributed by atoms with Crippen LogP contribution in [-0.2, 0) is 19.1 Å². The van der Waals surface area contributed by atoms with Crippen LogP contribution in [0.25, 0.3) is 39.3 Å². The zero-order valence-electron chi connectivity index (χ0n) is 36.6. The molecule has 10 heteroatoms. The van der Waals surface area contributed by atoms with E-state index in [0.29, 0.717) is 33.4 Å². The van der Waals surface area contributed by atoms with Crippen LogP contribution in [0.3, 0.4) is 0 Å². The molecule has 65 heavy (non-hydrogen) atoms. The number of aryl methyl sites for hydroxylation is 2. The molecule has 306 valence electrons. The third-order valence-corrected chi connectivity index (χ3v) is 10.9. The number of rotatable bonds is 6. The number of Topliss-reactive ketones (excluding diaryl/α,β-unsaturated/α-hetero) is 1. The summed E-state index contributed by atoms with van der Waals surface area (Å²) in [5, 5.41) is 0. The predicted molar refractivity (Wildman–Crippen MR) is 249 cm³/mol. The van der Waals surface area contributed by atoms with Gasteiger partial charge in [0.15, 0.2) is 17.2 Å². The number of fused-ring (bicyclic) bond motifs is 8. The molecule has 0 fully saturated rings. The predicted octanol–water partition coefficient (Wildman–Crippen LogP) is 4.92. The van der Waals surface area contributed by atoms with Gasteiger partial charge in [-0.15, -0.1) is 28.5 Å². The summed E-state index contributed by atoms with van der Waals surface area (Å²) in [4.78, 5) is 58.2. The van der Waals surface area contributed by atoms with Gasteiger partial charge in [0.1, 0.15) is 12.0 Å². The molecule has 0 amide bonds. The molecule has 0 radical (unpaired) electrons. The zero-order chi connectivity index (χ0) is 45.8. The summed E-state index contributed by atoms with van der Waals surface area (Å²) in [7, 11) is 1.26. The van der Waals surface area contributed by atoms with Gasteiger partial charge in [-0.25, -0.2) is 9.97 Å². The molecular weight excluding hydrogens is 821 g/mol. The van der Waals surface area contributed by atoms with Crippen molar-refractivity contribution in [2.24, 2.45) is 0 Å². The summed E-state index contributed by atoms with van der Waals surface area (Å²) in [5.41, 5.74) is 11.2. The van der Waals surface area contributed by atoms with E-state index in [4.69, 9.17) is 25.9 Å². The van der Waals surface area contributed by atoms with Crippen molar-refractivity contribution in [2.45, 2.75) is 71.6 Å². The molecule has 1 aliphatic carbocycles. The van der Waals surface area contributed by atoms with E-state index >= 15 is 0 Å². The monoisotopic (exact) mass is 856 g/mol. The van der Waals surface area contributed by atoms with Crippen molar-refractivity contribution < 1.29 is 33.8 Å². The molecule has 3 aromatic heterocycles. The Morgan fingerprint density at radius 1 is 0.800 bits per heavy atom. The van der Waals surface area contributed by atoms with Crippen LogP contribution in [0, 0.1) is 133 Å². The molecule has 0 saturated heterocycles. The number of nitrogens with zero attached hydrogens (tertiary/aromatic N) is 2. The van der Waals surface area contributed by atoms with Crippen molar-refractivity contribution in [1.82, 2.24) is 9.97 Å². The van der Waals surface area contributed by atoms with Crippen molar-refractivity contribution >= 4 is 80.1 Å². The number of H-pyrrole nitrogens is 2. The number of hydrogen-bond donors (Lipinski definition) is 0. The first-order chi connectivity index (χ1) is 31.0. The summed E-state index contributed by atoms with van der Waals surface area (Å²) >= 11 is 0. The average Bonchev–Trinajstić information content (AvgIpc) is 4.03. The first-order valence-electron chi connectivity index (χ1n) is 19.9. The van der Waals surface area contributed by atoms with Crippen LogP contribution < -0.4 is 19.9 Å². The Labute approximate surface area is 395 Å². The van der Waals surface area contributed by atoms with Gasteiger partial charge in [-0.2, -0.15) is 0 Å². The minimum Gasteiger partial charge on any atom is -0.657 e. The SMILES string of the molecule is C#CC#CC#CC#CC#CC#CC#CC#CC#CC#COC(=O)CC[C@@H]1c2[nH+]c(cc3[n-]c(cc4[nH+]c(cc5[n-]c6c(c5C)C(=O)C(C(=O)OC)c26)C(CC)=C4C)c(C=C)c3C)C1C.[Mg+2]. The van der Waals surface area contributed by atoms with E-state index in [0.717, 1.165) is 56.8 Å². The van der Waals surface area contributed by atoms with Gasteiger partial charge in [0.2, 0.25) is 11.4 Å². The van der Waals surface area contributed by atoms with Gasteiger partial charge < -0.3 is 19.4 Å². The molecule has 8 bridgehead atoms. The van der Waals surface area contributed by atoms with Crippen LogP contribution in [0.2, 0.25) is 0 Å². The van der Waals surface area contributed by atoms with E-state index in [-0.39, 0.29) is 53.5 Å². The summed E-state index contributed by atoms with van der Waals surface area (Å²) < 4.78 is 10.4. The summed E-state index contributed by atoms with van der Waals surface area (Å²) in [6.07, 6.45) is 10.1. The van der Waals surface area contributed by atoms with E-state index in [2.05, 4.69) is 143 Å². The van der Waals surface area contributed by atoms with E-state index in [1.54, 1.807) is 6.08 Å². The fourth-order valence-corrected chi connectivity index (χ4v) is 7.77. The second-order valence-corrected chi connectivity index (χ2v) is 14.3. The Morgan fingerprint density at radius 3 is 1.94 bits per heavy atom. The topological polar surface area (TPSA) is 126 Å². The van der Waals surface area contributed by atoms with Crippen molar-refractivity contribution in [3.8, 4) is 119 Å². The van der Waals surface area contributed by atoms with E-state index in [9.17, 15) is 14.4 Å². The number of methoxy groups -OCH3 is 1. The van der Waals surface area contributed by atoms with Gasteiger partial charge in [-0.1, -0.05) is 37.6 Å². The number of carbonyl (C=O) groups is 3. The van der Waals surface area contributed by atoms with Crippen LogP contribution in [-0.4, -0.2) is 47.9 Å². The fraction of sp³-hybridized carbons (Fsp3) is 0.218. The van der Waals surface area contributed by atoms with Crippen LogP contribution >= 0.6 is 0 Å². The fourth-order valence-electron chi connectivity index (χ4n) is 7.77. The van der Waals surface area contributed by atoms with E-state index in [1.165, 1.54) is 7.11 Å². The number of esters is 2. The van der Waals surface area contributed by atoms with E-state index < -0.39 is 17.9 Å². The van der Waals surface area contributed by atoms with Gasteiger partial charge >= 0.3 is 35.0 Å². The number of ketones is 1. The summed E-state index contributed by atoms with van der Waals surface area (Å²) in [6.45, 7) is 14.1. The van der Waals surface area contributed by atoms with Gasteiger partial charge in [-0.05, 0) is 105 Å². The van der Waals surface area contributed by atoms with E-state index in [1.807, 2.05) is 39.0 Å². The number of terminal acetylenes is 1. The Hall–Kier alpha value is -8.42. The van der Waals surface area contributed by atoms with Crippen LogP contribution in [0.5, 0.6) is 0 Å². The number of aromatic amines is 2. The van der Waals surface area contributed by atoms with Crippen LogP contribution in [0.1, 0.15) is 113 Å². The molecule has 3 aliphatic rings. The van der Waals surface area contributed by atoms with Crippen molar-refractivity contribution in [2.75, 3.05) is 7.11 Å². The Balaban J connectivity index is 0.00000793. The van der Waals surface area contributed by atoms with Gasteiger partial charge in [0, 0.05) is 87.9 Å².